The lowest BCUT2D eigenvalue weighted by Gasteiger charge is -2.18. The van der Waals surface area contributed by atoms with Gasteiger partial charge < -0.3 is 5.32 Å². The van der Waals surface area contributed by atoms with Crippen LogP contribution >= 0.6 is 11.6 Å². The molecule has 0 saturated heterocycles. The largest absolute Gasteiger partial charge is 0.389 e. The van der Waals surface area contributed by atoms with Gasteiger partial charge in [0, 0.05) is 25.2 Å². The van der Waals surface area contributed by atoms with Crippen molar-refractivity contribution in [2.45, 2.75) is 37.3 Å². The van der Waals surface area contributed by atoms with E-state index in [1.165, 1.54) is 37.4 Å². The van der Waals surface area contributed by atoms with Crippen LogP contribution in [0.4, 0.5) is 18.9 Å². The molecule has 2 N–H and O–H groups in total. The van der Waals surface area contributed by atoms with Crippen LogP contribution in [0.25, 0.3) is 0 Å². The van der Waals surface area contributed by atoms with Crippen molar-refractivity contribution < 1.29 is 31.2 Å². The van der Waals surface area contributed by atoms with E-state index in [0.29, 0.717) is 5.69 Å². The monoisotopic (exact) mass is 451 g/mol. The lowest BCUT2D eigenvalue weighted by Crippen LogP contribution is -2.32. The third kappa shape index (κ3) is 6.86. The number of amides is 2. The molecule has 12 heteroatoms. The highest BCUT2D eigenvalue weighted by molar-refractivity contribution is 7.90. The first-order valence-corrected chi connectivity index (χ1v) is 10.2. The molecule has 1 aromatic carbocycles. The van der Waals surface area contributed by atoms with Crippen LogP contribution in [0.3, 0.4) is 0 Å². The van der Waals surface area contributed by atoms with Crippen molar-refractivity contribution in [2.24, 2.45) is 10.9 Å². The molecular weight excluding hydrogens is 435 g/mol. The molecule has 0 aromatic heterocycles. The van der Waals surface area contributed by atoms with Crippen molar-refractivity contribution in [3.05, 3.63) is 35.0 Å². The predicted octanol–water partition coefficient (Wildman–Crippen LogP) is 3.33. The molecule has 2 rings (SSSR count). The minimum absolute atomic E-state index is 0.0463. The maximum atomic E-state index is 12.3. The number of carbonyl (C=O) groups excluding carboxylic acids is 2. The number of hydrogen-bond donors (Lipinski definition) is 2. The Morgan fingerprint density at radius 3 is 2.38 bits per heavy atom. The maximum absolute atomic E-state index is 12.3. The fourth-order valence-corrected chi connectivity index (χ4v) is 3.77. The minimum Gasteiger partial charge on any atom is -0.326 e. The lowest BCUT2D eigenvalue weighted by atomic mass is 9.98. The fraction of sp³-hybridized carbons (Fsp3) is 0.353. The number of alkyl halides is 3. The van der Waals surface area contributed by atoms with Crippen molar-refractivity contribution in [2.75, 3.05) is 5.32 Å². The van der Waals surface area contributed by atoms with Gasteiger partial charge in [-0.2, -0.15) is 13.2 Å². The van der Waals surface area contributed by atoms with Gasteiger partial charge in [-0.25, -0.2) is 13.1 Å². The van der Waals surface area contributed by atoms with E-state index in [9.17, 15) is 31.2 Å². The Balaban J connectivity index is 2.05. The zero-order valence-corrected chi connectivity index (χ0v) is 16.7. The Hall–Kier alpha value is -2.40. The zero-order chi connectivity index (χ0) is 21.8. The molecule has 1 unspecified atom stereocenters. The number of benzene rings is 1. The average molecular weight is 452 g/mol. The summed E-state index contributed by atoms with van der Waals surface area (Å²) in [6, 6.07) is 5.07. The van der Waals surface area contributed by atoms with Gasteiger partial charge in [-0.05, 0) is 43.0 Å². The number of aliphatic imine (C=N–C) groups is 1. The third-order valence-corrected chi connectivity index (χ3v) is 5.52. The van der Waals surface area contributed by atoms with E-state index in [1.807, 2.05) is 4.72 Å². The summed E-state index contributed by atoms with van der Waals surface area (Å²) in [4.78, 5) is 26.7. The quantitative estimate of drug-likeness (QED) is 0.692. The van der Waals surface area contributed by atoms with E-state index >= 15 is 0 Å². The number of hydrogen-bond acceptors (Lipinski definition) is 5. The van der Waals surface area contributed by atoms with Crippen LogP contribution < -0.4 is 10.0 Å². The van der Waals surface area contributed by atoms with Crippen LogP contribution in [-0.2, 0) is 19.6 Å². The average Bonchev–Trinajstić information content (AvgIpc) is 2.59. The van der Waals surface area contributed by atoms with E-state index in [4.69, 9.17) is 11.6 Å². The van der Waals surface area contributed by atoms with Crippen LogP contribution in [-0.4, -0.2) is 32.6 Å². The number of halogens is 4. The zero-order valence-electron chi connectivity index (χ0n) is 15.1. The second-order valence-corrected chi connectivity index (χ2v) is 8.43. The standard InChI is InChI=1S/C17H17ClF3N3O4S/c1-10(25)23-12-2-4-13(5-3-12)29(27,28)24-16(26)15-14(18)8-11(9-22-15)6-7-17(19,20)21/h2-5,9,11H,6-8H2,1H3,(H,23,25)(H,24,26). The number of allylic oxidation sites excluding steroid dienone is 1. The second kappa shape index (κ2) is 8.95. The Morgan fingerprint density at radius 1 is 1.24 bits per heavy atom. The molecule has 0 bridgehead atoms. The number of nitrogens with one attached hydrogen (secondary N) is 2. The molecule has 1 aliphatic rings. The molecule has 1 heterocycles. The van der Waals surface area contributed by atoms with E-state index in [1.54, 1.807) is 0 Å². The first-order chi connectivity index (χ1) is 13.4. The van der Waals surface area contributed by atoms with Gasteiger partial charge in [0.15, 0.2) is 0 Å². The van der Waals surface area contributed by atoms with Crippen LogP contribution in [0.15, 0.2) is 44.9 Å². The summed E-state index contributed by atoms with van der Waals surface area (Å²) in [5.41, 5.74) is 0.00340. The van der Waals surface area contributed by atoms with E-state index in [0.717, 1.165) is 0 Å². The Labute approximate surface area is 170 Å². The summed E-state index contributed by atoms with van der Waals surface area (Å²) >= 11 is 5.96. The first kappa shape index (κ1) is 22.9. The predicted molar refractivity (Wildman–Crippen MR) is 101 cm³/mol. The summed E-state index contributed by atoms with van der Waals surface area (Å²) in [6.07, 6.45) is -4.45. The first-order valence-electron chi connectivity index (χ1n) is 8.32. The summed E-state index contributed by atoms with van der Waals surface area (Å²) in [5.74, 6) is -2.02. The molecule has 2 amide bonds. The summed E-state index contributed by atoms with van der Waals surface area (Å²) in [5, 5.41) is 2.35. The number of nitrogens with zero attached hydrogens (tertiary/aromatic N) is 1. The van der Waals surface area contributed by atoms with Crippen LogP contribution in [0.5, 0.6) is 0 Å². The van der Waals surface area contributed by atoms with E-state index in [2.05, 4.69) is 10.3 Å². The number of rotatable bonds is 6. The van der Waals surface area contributed by atoms with Gasteiger partial charge in [-0.3, -0.25) is 14.6 Å². The van der Waals surface area contributed by atoms with E-state index < -0.39 is 34.4 Å². The Morgan fingerprint density at radius 2 is 1.86 bits per heavy atom. The van der Waals surface area contributed by atoms with Gasteiger partial charge >= 0.3 is 6.18 Å². The molecule has 29 heavy (non-hydrogen) atoms. The molecular formula is C17H17ClF3N3O4S. The highest BCUT2D eigenvalue weighted by Gasteiger charge is 2.30. The number of carbonyl (C=O) groups is 2. The van der Waals surface area contributed by atoms with E-state index in [-0.39, 0.29) is 34.4 Å². The molecule has 1 aromatic rings. The van der Waals surface area contributed by atoms with Gasteiger partial charge in [0.05, 0.1) is 9.93 Å². The molecule has 0 saturated carbocycles. The van der Waals surface area contributed by atoms with Gasteiger partial charge in [0.2, 0.25) is 5.91 Å². The van der Waals surface area contributed by atoms with Crippen molar-refractivity contribution in [3.8, 4) is 0 Å². The van der Waals surface area contributed by atoms with Crippen molar-refractivity contribution >= 4 is 45.3 Å². The van der Waals surface area contributed by atoms with Crippen molar-refractivity contribution in [1.29, 1.82) is 0 Å². The topological polar surface area (TPSA) is 105 Å². The van der Waals surface area contributed by atoms with Gasteiger partial charge in [0.25, 0.3) is 15.9 Å². The van der Waals surface area contributed by atoms with Gasteiger partial charge in [-0.15, -0.1) is 0 Å². The smallest absolute Gasteiger partial charge is 0.326 e. The minimum atomic E-state index is -4.31. The van der Waals surface area contributed by atoms with Crippen LogP contribution in [0.2, 0.25) is 0 Å². The summed E-state index contributed by atoms with van der Waals surface area (Å²) in [6.45, 7) is 1.29. The molecule has 0 fully saturated rings. The van der Waals surface area contributed by atoms with Crippen molar-refractivity contribution in [1.82, 2.24) is 4.72 Å². The molecule has 1 aliphatic heterocycles. The number of anilines is 1. The van der Waals surface area contributed by atoms with Gasteiger partial charge in [0.1, 0.15) is 5.70 Å². The highest BCUT2D eigenvalue weighted by Crippen LogP contribution is 2.31. The molecule has 1 atom stereocenters. The molecule has 0 spiro atoms. The fourth-order valence-electron chi connectivity index (χ4n) is 2.49. The summed E-state index contributed by atoms with van der Waals surface area (Å²) in [7, 11) is -4.25. The summed E-state index contributed by atoms with van der Waals surface area (Å²) < 4.78 is 63.4. The maximum Gasteiger partial charge on any atom is 0.389 e. The number of sulfonamides is 1. The Bertz CT molecular complexity index is 957. The van der Waals surface area contributed by atoms with Crippen LogP contribution in [0, 0.1) is 5.92 Å². The molecule has 158 valence electrons. The molecule has 7 nitrogen and oxygen atoms in total. The SMILES string of the molecule is CC(=O)Nc1ccc(S(=O)(=O)NC(=O)C2=C(Cl)CC(CCC(F)(F)F)C=N2)cc1. The second-order valence-electron chi connectivity index (χ2n) is 6.29. The van der Waals surface area contributed by atoms with Crippen molar-refractivity contribution in [3.63, 3.8) is 0 Å². The molecule has 0 radical (unpaired) electrons. The molecule has 0 aliphatic carbocycles. The Kier molecular flexibility index (Phi) is 7.06. The lowest BCUT2D eigenvalue weighted by molar-refractivity contribution is -0.136. The normalized spacial score (nSPS) is 17.2. The van der Waals surface area contributed by atoms with Gasteiger partial charge in [-0.1, -0.05) is 11.6 Å². The highest BCUT2D eigenvalue weighted by atomic mass is 35.5. The van der Waals surface area contributed by atoms with Crippen LogP contribution in [0.1, 0.15) is 26.2 Å². The third-order valence-electron chi connectivity index (χ3n) is 3.84.